The Kier molecular flexibility index (Phi) is 10.1. The van der Waals surface area contributed by atoms with Crippen molar-refractivity contribution >= 4 is 5.97 Å². The van der Waals surface area contributed by atoms with Crippen molar-refractivity contribution in [2.75, 3.05) is 26.2 Å². The molecule has 0 aliphatic carbocycles. The lowest BCUT2D eigenvalue weighted by molar-refractivity contribution is -0.143. The first-order valence-electron chi connectivity index (χ1n) is 5.73. The zero-order valence-corrected chi connectivity index (χ0v) is 10.3. The van der Waals surface area contributed by atoms with E-state index in [0.29, 0.717) is 32.5 Å². The topological polar surface area (TPSA) is 101 Å². The number of ether oxygens (including phenoxy) is 1. The van der Waals surface area contributed by atoms with Crippen LogP contribution in [0.3, 0.4) is 0 Å². The predicted octanol–water partition coefficient (Wildman–Crippen LogP) is 0.963. The maximum atomic E-state index is 11.3. The molecule has 0 rings (SSSR count). The van der Waals surface area contributed by atoms with E-state index >= 15 is 0 Å². The number of rotatable bonds is 9. The van der Waals surface area contributed by atoms with Crippen LogP contribution in [0.1, 0.15) is 25.7 Å². The van der Waals surface area contributed by atoms with E-state index < -0.39 is 0 Å². The van der Waals surface area contributed by atoms with Crippen molar-refractivity contribution < 1.29 is 9.53 Å². The summed E-state index contributed by atoms with van der Waals surface area (Å²) in [4.78, 5) is 13.2. The highest BCUT2D eigenvalue weighted by atomic mass is 16.5. The first-order valence-corrected chi connectivity index (χ1v) is 5.73. The minimum absolute atomic E-state index is 0.117. The number of esters is 1. The summed E-state index contributed by atoms with van der Waals surface area (Å²) in [6.45, 7) is 1.67. The summed E-state index contributed by atoms with van der Waals surface area (Å²) >= 11 is 0. The standard InChI is InChI=1S/C12H16N4O2/c13-5-1-8-16(9-2-6-14)10-4-12(17)18-11-3-7-15/h1-4,8-11H2. The first-order chi connectivity index (χ1) is 8.74. The monoisotopic (exact) mass is 248 g/mol. The van der Waals surface area contributed by atoms with Crippen LogP contribution in [-0.2, 0) is 9.53 Å². The molecule has 6 nitrogen and oxygen atoms in total. The van der Waals surface area contributed by atoms with Crippen LogP contribution in [0.25, 0.3) is 0 Å². The highest BCUT2D eigenvalue weighted by Gasteiger charge is 2.08. The van der Waals surface area contributed by atoms with Crippen molar-refractivity contribution in [2.24, 2.45) is 0 Å². The second-order valence-electron chi connectivity index (χ2n) is 3.54. The van der Waals surface area contributed by atoms with E-state index in [1.165, 1.54) is 0 Å². The van der Waals surface area contributed by atoms with E-state index in [2.05, 4.69) is 0 Å². The van der Waals surface area contributed by atoms with Gasteiger partial charge in [-0.25, -0.2) is 0 Å². The number of nitrogens with zero attached hydrogens (tertiary/aromatic N) is 4. The lowest BCUT2D eigenvalue weighted by Gasteiger charge is -2.18. The molecule has 0 spiro atoms. The SMILES string of the molecule is N#CCCOC(=O)CCN(CCC#N)CCC#N. The minimum atomic E-state index is -0.357. The average molecular weight is 248 g/mol. The third-order valence-electron chi connectivity index (χ3n) is 2.19. The molecule has 0 N–H and O–H groups in total. The van der Waals surface area contributed by atoms with Crippen molar-refractivity contribution in [3.05, 3.63) is 0 Å². The number of hydrogen-bond acceptors (Lipinski definition) is 6. The molecule has 0 unspecified atom stereocenters. The molecule has 0 fully saturated rings. The molecule has 18 heavy (non-hydrogen) atoms. The Morgan fingerprint density at radius 1 is 0.944 bits per heavy atom. The van der Waals surface area contributed by atoms with Crippen LogP contribution < -0.4 is 0 Å². The van der Waals surface area contributed by atoms with Gasteiger partial charge >= 0.3 is 5.97 Å². The van der Waals surface area contributed by atoms with Gasteiger partial charge in [0.05, 0.1) is 31.0 Å². The zero-order valence-electron chi connectivity index (χ0n) is 10.3. The summed E-state index contributed by atoms with van der Waals surface area (Å²) in [7, 11) is 0. The zero-order chi connectivity index (χ0) is 13.6. The quantitative estimate of drug-likeness (QED) is 0.445. The van der Waals surface area contributed by atoms with Crippen molar-refractivity contribution in [1.82, 2.24) is 4.90 Å². The van der Waals surface area contributed by atoms with E-state index in [0.717, 1.165) is 0 Å². The molecule has 0 aromatic rings. The van der Waals surface area contributed by atoms with Gasteiger partial charge in [-0.05, 0) is 0 Å². The molecule has 0 radical (unpaired) electrons. The van der Waals surface area contributed by atoms with Crippen LogP contribution in [0.15, 0.2) is 0 Å². The van der Waals surface area contributed by atoms with E-state index in [1.807, 2.05) is 23.1 Å². The van der Waals surface area contributed by atoms with E-state index in [1.54, 1.807) is 0 Å². The second-order valence-corrected chi connectivity index (χ2v) is 3.54. The minimum Gasteiger partial charge on any atom is -0.465 e. The number of carbonyl (C=O) groups excluding carboxylic acids is 1. The molecule has 6 heteroatoms. The fourth-order valence-electron chi connectivity index (χ4n) is 1.28. The molecule has 0 aromatic heterocycles. The maximum absolute atomic E-state index is 11.3. The number of nitriles is 3. The van der Waals surface area contributed by atoms with Gasteiger partial charge in [0.1, 0.15) is 6.61 Å². The van der Waals surface area contributed by atoms with Gasteiger partial charge in [0.2, 0.25) is 0 Å². The van der Waals surface area contributed by atoms with Crippen LogP contribution >= 0.6 is 0 Å². The van der Waals surface area contributed by atoms with Crippen molar-refractivity contribution in [3.8, 4) is 18.2 Å². The lowest BCUT2D eigenvalue weighted by atomic mass is 10.3. The summed E-state index contributed by atoms with van der Waals surface area (Å²) in [5.41, 5.74) is 0. The molecule has 0 bridgehead atoms. The Balaban J connectivity index is 3.87. The largest absolute Gasteiger partial charge is 0.465 e. The van der Waals surface area contributed by atoms with Gasteiger partial charge in [-0.3, -0.25) is 4.79 Å². The molecule has 0 atom stereocenters. The van der Waals surface area contributed by atoms with E-state index in [-0.39, 0.29) is 25.4 Å². The molecular formula is C12H16N4O2. The normalized spacial score (nSPS) is 9.22. The van der Waals surface area contributed by atoms with Gasteiger partial charge in [-0.15, -0.1) is 0 Å². The molecule has 0 amide bonds. The Bertz CT molecular complexity index is 344. The third kappa shape index (κ3) is 9.15. The molecular weight excluding hydrogens is 232 g/mol. The fraction of sp³-hybridized carbons (Fsp3) is 0.667. The van der Waals surface area contributed by atoms with Gasteiger partial charge in [-0.2, -0.15) is 15.8 Å². The average Bonchev–Trinajstić information content (AvgIpc) is 2.38. The summed E-state index contributed by atoms with van der Waals surface area (Å²) < 4.78 is 4.82. The molecule has 0 aliphatic heterocycles. The molecule has 0 aromatic carbocycles. The van der Waals surface area contributed by atoms with Crippen LogP contribution in [0, 0.1) is 34.0 Å². The van der Waals surface area contributed by atoms with Crippen molar-refractivity contribution in [3.63, 3.8) is 0 Å². The predicted molar refractivity (Wildman–Crippen MR) is 62.7 cm³/mol. The van der Waals surface area contributed by atoms with Gasteiger partial charge in [0.15, 0.2) is 0 Å². The van der Waals surface area contributed by atoms with E-state index in [4.69, 9.17) is 20.5 Å². The van der Waals surface area contributed by atoms with E-state index in [9.17, 15) is 4.79 Å². The third-order valence-corrected chi connectivity index (χ3v) is 2.19. The molecule has 0 saturated heterocycles. The van der Waals surface area contributed by atoms with Gasteiger partial charge in [-0.1, -0.05) is 0 Å². The van der Waals surface area contributed by atoms with Crippen molar-refractivity contribution in [1.29, 1.82) is 15.8 Å². The summed E-state index contributed by atoms with van der Waals surface area (Å²) in [6.07, 6.45) is 1.14. The van der Waals surface area contributed by atoms with Crippen molar-refractivity contribution in [2.45, 2.75) is 25.7 Å². The van der Waals surface area contributed by atoms with Crippen LogP contribution in [0.4, 0.5) is 0 Å². The maximum Gasteiger partial charge on any atom is 0.307 e. The molecule has 0 aliphatic rings. The number of carbonyl (C=O) groups is 1. The summed E-state index contributed by atoms with van der Waals surface area (Å²) in [6, 6.07) is 5.94. The smallest absolute Gasteiger partial charge is 0.307 e. The first kappa shape index (κ1) is 15.9. The highest BCUT2D eigenvalue weighted by Crippen LogP contribution is 1.98. The van der Waals surface area contributed by atoms with Crippen LogP contribution in [0.2, 0.25) is 0 Å². The molecule has 0 saturated carbocycles. The number of hydrogen-bond donors (Lipinski definition) is 0. The summed E-state index contributed by atoms with van der Waals surface area (Å²) in [5.74, 6) is -0.357. The molecule has 96 valence electrons. The van der Waals surface area contributed by atoms with Gasteiger partial charge in [0, 0.05) is 32.5 Å². The van der Waals surface area contributed by atoms with Gasteiger partial charge in [0.25, 0.3) is 0 Å². The Morgan fingerprint density at radius 2 is 1.50 bits per heavy atom. The summed E-state index contributed by atoms with van der Waals surface area (Å²) in [5, 5.41) is 25.3. The highest BCUT2D eigenvalue weighted by molar-refractivity contribution is 5.69. The van der Waals surface area contributed by atoms with Crippen LogP contribution in [0.5, 0.6) is 0 Å². The second kappa shape index (κ2) is 11.4. The van der Waals surface area contributed by atoms with Gasteiger partial charge < -0.3 is 9.64 Å². The molecule has 0 heterocycles. The lowest BCUT2D eigenvalue weighted by Crippen LogP contribution is -2.28. The Labute approximate surface area is 107 Å². The van der Waals surface area contributed by atoms with Crippen LogP contribution in [-0.4, -0.2) is 37.1 Å². The Hall–Kier alpha value is -2.10. The fourth-order valence-corrected chi connectivity index (χ4v) is 1.28. The Morgan fingerprint density at radius 3 is 2.00 bits per heavy atom.